The summed E-state index contributed by atoms with van der Waals surface area (Å²) in [4.78, 5) is 33.6. The Morgan fingerprint density at radius 1 is 1.37 bits per heavy atom. The number of amides is 4. The zero-order chi connectivity index (χ0) is 14.4. The maximum Gasteiger partial charge on any atom is 0.319 e. The van der Waals surface area contributed by atoms with E-state index in [1.54, 1.807) is 6.07 Å². The number of carbonyl (C=O) groups is 3. The number of primary amides is 1. The quantitative estimate of drug-likeness (QED) is 0.710. The molecule has 4 amide bonds. The topological polar surface area (TPSA) is 111 Å². The van der Waals surface area contributed by atoms with E-state index in [0.717, 1.165) is 0 Å². The van der Waals surface area contributed by atoms with Crippen LogP contribution in [0.15, 0.2) is 18.2 Å². The SMILES string of the molecule is COc1ccc(NC(=O)CBr)cc1C(=O)NC(N)=O. The van der Waals surface area contributed by atoms with Gasteiger partial charge in [-0.15, -0.1) is 0 Å². The van der Waals surface area contributed by atoms with E-state index in [0.29, 0.717) is 5.69 Å². The molecule has 1 aromatic rings. The van der Waals surface area contributed by atoms with Crippen LogP contribution in [-0.2, 0) is 4.79 Å². The maximum atomic E-state index is 11.7. The van der Waals surface area contributed by atoms with Crippen LogP contribution in [0.4, 0.5) is 10.5 Å². The number of hydrogen-bond donors (Lipinski definition) is 3. The third-order valence-electron chi connectivity index (χ3n) is 2.09. The average molecular weight is 330 g/mol. The van der Waals surface area contributed by atoms with Crippen molar-refractivity contribution < 1.29 is 19.1 Å². The molecule has 0 aliphatic rings. The number of methoxy groups -OCH3 is 1. The van der Waals surface area contributed by atoms with Crippen LogP contribution in [0.25, 0.3) is 0 Å². The number of halogens is 1. The third kappa shape index (κ3) is 4.25. The number of alkyl halides is 1. The van der Waals surface area contributed by atoms with Crippen LogP contribution in [0, 0.1) is 0 Å². The van der Waals surface area contributed by atoms with Crippen LogP contribution in [0.1, 0.15) is 10.4 Å². The molecule has 0 atom stereocenters. The fraction of sp³-hybridized carbons (Fsp3) is 0.182. The van der Waals surface area contributed by atoms with Gasteiger partial charge in [-0.05, 0) is 18.2 Å². The van der Waals surface area contributed by atoms with E-state index in [1.807, 2.05) is 5.32 Å². The highest BCUT2D eigenvalue weighted by molar-refractivity contribution is 9.09. The number of benzene rings is 1. The molecule has 0 saturated heterocycles. The van der Waals surface area contributed by atoms with Crippen LogP contribution in [0.3, 0.4) is 0 Å². The molecule has 0 spiro atoms. The molecule has 0 aliphatic carbocycles. The molecule has 0 fully saturated rings. The van der Waals surface area contributed by atoms with Gasteiger partial charge in [-0.25, -0.2) is 4.79 Å². The second-order valence-electron chi connectivity index (χ2n) is 3.42. The lowest BCUT2D eigenvalue weighted by atomic mass is 10.1. The Labute approximate surface area is 117 Å². The predicted molar refractivity (Wildman–Crippen MR) is 72.5 cm³/mol. The van der Waals surface area contributed by atoms with Gasteiger partial charge in [0.15, 0.2) is 0 Å². The number of urea groups is 1. The lowest BCUT2D eigenvalue weighted by molar-refractivity contribution is -0.113. The van der Waals surface area contributed by atoms with Crippen LogP contribution in [0.2, 0.25) is 0 Å². The molecule has 0 radical (unpaired) electrons. The summed E-state index contributed by atoms with van der Waals surface area (Å²) in [7, 11) is 1.38. The summed E-state index contributed by atoms with van der Waals surface area (Å²) in [5.74, 6) is -0.721. The molecule has 1 aromatic carbocycles. The fourth-order valence-electron chi connectivity index (χ4n) is 1.34. The molecule has 8 heteroatoms. The Morgan fingerprint density at radius 3 is 2.58 bits per heavy atom. The second kappa shape index (κ2) is 6.74. The number of carbonyl (C=O) groups excluding carboxylic acids is 3. The van der Waals surface area contributed by atoms with Crippen LogP contribution in [0.5, 0.6) is 5.75 Å². The van der Waals surface area contributed by atoms with Gasteiger partial charge in [-0.2, -0.15) is 0 Å². The molecule has 0 heterocycles. The van der Waals surface area contributed by atoms with Gasteiger partial charge >= 0.3 is 6.03 Å². The third-order valence-corrected chi connectivity index (χ3v) is 2.60. The van der Waals surface area contributed by atoms with E-state index in [2.05, 4.69) is 21.2 Å². The van der Waals surface area contributed by atoms with Gasteiger partial charge in [-0.3, -0.25) is 14.9 Å². The average Bonchev–Trinajstić information content (AvgIpc) is 2.37. The first-order valence-corrected chi connectivity index (χ1v) is 6.24. The van der Waals surface area contributed by atoms with Gasteiger partial charge in [0.1, 0.15) is 5.75 Å². The number of imide groups is 1. The number of nitrogens with two attached hydrogens (primary N) is 1. The molecular weight excluding hydrogens is 318 g/mol. The smallest absolute Gasteiger partial charge is 0.319 e. The first-order chi connectivity index (χ1) is 8.97. The summed E-state index contributed by atoms with van der Waals surface area (Å²) in [6.45, 7) is 0. The van der Waals surface area contributed by atoms with E-state index in [4.69, 9.17) is 10.5 Å². The Hall–Kier alpha value is -2.09. The van der Waals surface area contributed by atoms with Gasteiger partial charge in [0.05, 0.1) is 18.0 Å². The lowest BCUT2D eigenvalue weighted by Gasteiger charge is -2.10. The lowest BCUT2D eigenvalue weighted by Crippen LogP contribution is -2.35. The van der Waals surface area contributed by atoms with E-state index in [1.165, 1.54) is 19.2 Å². The molecule has 0 saturated carbocycles. The molecule has 7 nitrogen and oxygen atoms in total. The molecule has 4 N–H and O–H groups in total. The summed E-state index contributed by atoms with van der Waals surface area (Å²) < 4.78 is 5.00. The zero-order valence-electron chi connectivity index (χ0n) is 10.0. The Kier molecular flexibility index (Phi) is 5.31. The van der Waals surface area contributed by atoms with E-state index >= 15 is 0 Å². The Balaban J connectivity index is 3.05. The van der Waals surface area contributed by atoms with Crippen molar-refractivity contribution in [3.63, 3.8) is 0 Å². The molecular formula is C11H12BrN3O4. The van der Waals surface area contributed by atoms with Crippen molar-refractivity contribution in [2.24, 2.45) is 5.73 Å². The standard InChI is InChI=1S/C11H12BrN3O4/c1-19-8-3-2-6(14-9(16)5-12)4-7(8)10(17)15-11(13)18/h2-4H,5H2,1H3,(H,14,16)(H3,13,15,17,18). The number of anilines is 1. The normalized spacial score (nSPS) is 9.58. The largest absolute Gasteiger partial charge is 0.496 e. The van der Waals surface area contributed by atoms with Gasteiger partial charge in [0.2, 0.25) is 5.91 Å². The Morgan fingerprint density at radius 2 is 2.05 bits per heavy atom. The zero-order valence-corrected chi connectivity index (χ0v) is 11.6. The fourth-order valence-corrected chi connectivity index (χ4v) is 1.48. The molecule has 19 heavy (non-hydrogen) atoms. The highest BCUT2D eigenvalue weighted by Gasteiger charge is 2.15. The van der Waals surface area contributed by atoms with Crippen LogP contribution in [-0.4, -0.2) is 30.3 Å². The molecule has 0 aliphatic heterocycles. The van der Waals surface area contributed by atoms with Crippen molar-refractivity contribution >= 4 is 39.5 Å². The summed E-state index contributed by atoms with van der Waals surface area (Å²) in [6, 6.07) is 3.49. The Bertz CT molecular complexity index is 519. The maximum absolute atomic E-state index is 11.7. The van der Waals surface area contributed by atoms with Gasteiger partial charge in [-0.1, -0.05) is 15.9 Å². The van der Waals surface area contributed by atoms with Crippen molar-refractivity contribution in [3.05, 3.63) is 23.8 Å². The van der Waals surface area contributed by atoms with Crippen molar-refractivity contribution in [1.82, 2.24) is 5.32 Å². The van der Waals surface area contributed by atoms with Crippen LogP contribution < -0.4 is 21.1 Å². The van der Waals surface area contributed by atoms with E-state index in [9.17, 15) is 14.4 Å². The predicted octanol–water partition coefficient (Wildman–Crippen LogP) is 0.837. The molecule has 0 aromatic heterocycles. The van der Waals surface area contributed by atoms with Crippen molar-refractivity contribution in [1.29, 1.82) is 0 Å². The number of rotatable bonds is 4. The summed E-state index contributed by atoms with van der Waals surface area (Å²) in [6.07, 6.45) is 0. The van der Waals surface area contributed by atoms with Crippen molar-refractivity contribution in [2.75, 3.05) is 17.8 Å². The summed E-state index contributed by atoms with van der Waals surface area (Å²) in [5, 5.41) is 4.61. The highest BCUT2D eigenvalue weighted by atomic mass is 79.9. The first kappa shape index (κ1) is 15.0. The van der Waals surface area contributed by atoms with Gasteiger partial charge in [0.25, 0.3) is 5.91 Å². The number of ether oxygens (including phenoxy) is 1. The van der Waals surface area contributed by atoms with Crippen molar-refractivity contribution in [2.45, 2.75) is 0 Å². The van der Waals surface area contributed by atoms with Gasteiger partial charge < -0.3 is 15.8 Å². The van der Waals surface area contributed by atoms with Gasteiger partial charge in [0, 0.05) is 5.69 Å². The van der Waals surface area contributed by atoms with E-state index in [-0.39, 0.29) is 22.6 Å². The minimum atomic E-state index is -0.970. The number of nitrogens with one attached hydrogen (secondary N) is 2. The first-order valence-electron chi connectivity index (χ1n) is 5.12. The minimum Gasteiger partial charge on any atom is -0.496 e. The molecule has 0 unspecified atom stereocenters. The summed E-state index contributed by atoms with van der Waals surface area (Å²) in [5.41, 5.74) is 5.37. The summed E-state index contributed by atoms with van der Waals surface area (Å²) >= 11 is 3.00. The van der Waals surface area contributed by atoms with E-state index < -0.39 is 11.9 Å². The molecule has 1 rings (SSSR count). The molecule has 0 bridgehead atoms. The minimum absolute atomic E-state index is 0.0914. The number of hydrogen-bond acceptors (Lipinski definition) is 4. The van der Waals surface area contributed by atoms with Crippen LogP contribution >= 0.6 is 15.9 Å². The highest BCUT2D eigenvalue weighted by Crippen LogP contribution is 2.22. The molecule has 102 valence electrons. The van der Waals surface area contributed by atoms with Crippen molar-refractivity contribution in [3.8, 4) is 5.75 Å². The second-order valence-corrected chi connectivity index (χ2v) is 3.98. The monoisotopic (exact) mass is 329 g/mol.